The van der Waals surface area contributed by atoms with Crippen molar-refractivity contribution in [2.24, 2.45) is 17.2 Å². The van der Waals surface area contributed by atoms with Gasteiger partial charge < -0.3 is 31.4 Å². The molecule has 16 heavy (non-hydrogen) atoms. The molecule has 1 heterocycles. The van der Waals surface area contributed by atoms with Crippen LogP contribution in [-0.2, 0) is 14.2 Å². The van der Waals surface area contributed by atoms with E-state index in [1.165, 1.54) is 12.2 Å². The molecule has 0 saturated carbocycles. The second-order valence-electron chi connectivity index (χ2n) is 4.00. The van der Waals surface area contributed by atoms with Crippen LogP contribution in [0.25, 0.3) is 0 Å². The van der Waals surface area contributed by atoms with Crippen molar-refractivity contribution in [1.29, 1.82) is 0 Å². The maximum absolute atomic E-state index is 5.55. The molecule has 6 heteroatoms. The minimum atomic E-state index is -0.548. The average molecular weight is 229 g/mol. The zero-order valence-electron chi connectivity index (χ0n) is 9.60. The molecule has 0 aromatic carbocycles. The Morgan fingerprint density at radius 1 is 1.38 bits per heavy atom. The third-order valence-electron chi connectivity index (χ3n) is 1.94. The van der Waals surface area contributed by atoms with E-state index < -0.39 is 5.79 Å². The smallest absolute Gasteiger partial charge is 0.184 e. The van der Waals surface area contributed by atoms with Gasteiger partial charge in [0.05, 0.1) is 12.4 Å². The summed E-state index contributed by atoms with van der Waals surface area (Å²) in [7, 11) is 0. The highest BCUT2D eigenvalue weighted by atomic mass is 16.7. The monoisotopic (exact) mass is 229 g/mol. The van der Waals surface area contributed by atoms with Crippen LogP contribution in [0.1, 0.15) is 13.8 Å². The van der Waals surface area contributed by atoms with Crippen molar-refractivity contribution in [3.8, 4) is 0 Å². The van der Waals surface area contributed by atoms with E-state index in [0.29, 0.717) is 13.2 Å². The molecule has 1 atom stereocenters. The molecule has 92 valence electrons. The molecular formula is C10H19N3O3. The first-order valence-electron chi connectivity index (χ1n) is 5.02. The van der Waals surface area contributed by atoms with Crippen LogP contribution in [0, 0.1) is 0 Å². The lowest BCUT2D eigenvalue weighted by Crippen LogP contribution is -2.24. The third-order valence-corrected chi connectivity index (χ3v) is 1.94. The van der Waals surface area contributed by atoms with Gasteiger partial charge in [-0.3, -0.25) is 0 Å². The standard InChI is InChI=1S/C10H19N3O3/c1-10(2)15-6-7(16-10)5-14-9(13)4-3-8(11)12/h3-4,7H,5-6,11-13H2,1-2H3/b9-4+. The Kier molecular flexibility index (Phi) is 4.03. The zero-order chi connectivity index (χ0) is 12.2. The maximum Gasteiger partial charge on any atom is 0.184 e. The Bertz CT molecular complexity index is 296. The Hall–Kier alpha value is -1.40. The van der Waals surface area contributed by atoms with Crippen molar-refractivity contribution in [3.63, 3.8) is 0 Å². The number of hydrogen-bond donors (Lipinski definition) is 3. The summed E-state index contributed by atoms with van der Waals surface area (Å²) in [5, 5.41) is 0. The summed E-state index contributed by atoms with van der Waals surface area (Å²) in [4.78, 5) is 0. The van der Waals surface area contributed by atoms with Gasteiger partial charge >= 0.3 is 0 Å². The number of rotatable bonds is 4. The Labute approximate surface area is 95.0 Å². The number of ether oxygens (including phenoxy) is 3. The van der Waals surface area contributed by atoms with E-state index in [1.54, 1.807) is 0 Å². The zero-order valence-corrected chi connectivity index (χ0v) is 9.60. The Morgan fingerprint density at radius 3 is 2.56 bits per heavy atom. The lowest BCUT2D eigenvalue weighted by Gasteiger charge is -2.17. The van der Waals surface area contributed by atoms with Gasteiger partial charge in [-0.15, -0.1) is 0 Å². The molecule has 0 aromatic rings. The fourth-order valence-electron chi connectivity index (χ4n) is 1.26. The molecule has 1 fully saturated rings. The van der Waals surface area contributed by atoms with E-state index in [-0.39, 0.29) is 17.8 Å². The molecule has 0 bridgehead atoms. The van der Waals surface area contributed by atoms with Gasteiger partial charge in [0.2, 0.25) is 0 Å². The number of nitrogens with two attached hydrogens (primary N) is 3. The molecule has 1 rings (SSSR count). The molecule has 0 aliphatic carbocycles. The van der Waals surface area contributed by atoms with Crippen molar-refractivity contribution >= 4 is 0 Å². The molecule has 6 nitrogen and oxygen atoms in total. The quantitative estimate of drug-likeness (QED) is 0.452. The van der Waals surface area contributed by atoms with Crippen molar-refractivity contribution in [2.45, 2.75) is 25.7 Å². The minimum absolute atomic E-state index is 0.110. The highest BCUT2D eigenvalue weighted by Gasteiger charge is 2.32. The van der Waals surface area contributed by atoms with E-state index in [0.717, 1.165) is 0 Å². The van der Waals surface area contributed by atoms with Crippen molar-refractivity contribution in [3.05, 3.63) is 23.9 Å². The van der Waals surface area contributed by atoms with E-state index in [9.17, 15) is 0 Å². The Balaban J connectivity index is 2.31. The summed E-state index contributed by atoms with van der Waals surface area (Å²) in [5.41, 5.74) is 16.0. The lowest BCUT2D eigenvalue weighted by molar-refractivity contribution is -0.143. The maximum atomic E-state index is 5.55. The molecule has 0 amide bonds. The predicted octanol–water partition coefficient (Wildman–Crippen LogP) is -0.287. The van der Waals surface area contributed by atoms with E-state index in [2.05, 4.69) is 0 Å². The molecule has 0 aromatic heterocycles. The summed E-state index contributed by atoms with van der Waals surface area (Å²) < 4.78 is 16.1. The van der Waals surface area contributed by atoms with Crippen LogP contribution < -0.4 is 17.2 Å². The van der Waals surface area contributed by atoms with Crippen LogP contribution in [0.2, 0.25) is 0 Å². The average Bonchev–Trinajstić information content (AvgIpc) is 2.52. The van der Waals surface area contributed by atoms with E-state index in [4.69, 9.17) is 31.4 Å². The van der Waals surface area contributed by atoms with Gasteiger partial charge in [0.1, 0.15) is 12.7 Å². The minimum Gasteiger partial charge on any atom is -0.477 e. The van der Waals surface area contributed by atoms with Gasteiger partial charge in [0, 0.05) is 6.08 Å². The molecule has 1 saturated heterocycles. The molecule has 1 unspecified atom stereocenters. The van der Waals surface area contributed by atoms with Gasteiger partial charge in [-0.05, 0) is 19.9 Å². The van der Waals surface area contributed by atoms with Gasteiger partial charge in [0.15, 0.2) is 11.7 Å². The highest BCUT2D eigenvalue weighted by Crippen LogP contribution is 2.22. The van der Waals surface area contributed by atoms with E-state index >= 15 is 0 Å². The van der Waals surface area contributed by atoms with Gasteiger partial charge in [-0.1, -0.05) is 0 Å². The first-order chi connectivity index (χ1) is 7.39. The highest BCUT2D eigenvalue weighted by molar-refractivity contribution is 5.08. The first kappa shape index (κ1) is 12.7. The molecule has 1 aliphatic heterocycles. The molecule has 6 N–H and O–H groups in total. The first-order valence-corrected chi connectivity index (χ1v) is 5.02. The third kappa shape index (κ3) is 4.41. The summed E-state index contributed by atoms with van der Waals surface area (Å²) >= 11 is 0. The van der Waals surface area contributed by atoms with Crippen molar-refractivity contribution in [2.75, 3.05) is 13.2 Å². The van der Waals surface area contributed by atoms with Crippen molar-refractivity contribution < 1.29 is 14.2 Å². The molecule has 1 aliphatic rings. The fourth-order valence-corrected chi connectivity index (χ4v) is 1.26. The number of hydrogen-bond acceptors (Lipinski definition) is 6. The Morgan fingerprint density at radius 2 is 2.06 bits per heavy atom. The summed E-state index contributed by atoms with van der Waals surface area (Å²) in [6.45, 7) is 4.54. The van der Waals surface area contributed by atoms with Gasteiger partial charge in [-0.2, -0.15) is 0 Å². The van der Waals surface area contributed by atoms with Crippen LogP contribution in [0.15, 0.2) is 23.9 Å². The van der Waals surface area contributed by atoms with Crippen LogP contribution in [-0.4, -0.2) is 25.1 Å². The SMILES string of the molecule is CC1(C)OCC(CO/C(N)=C/C=C(N)N)O1. The van der Waals surface area contributed by atoms with Gasteiger partial charge in [0.25, 0.3) is 0 Å². The fraction of sp³-hybridized carbons (Fsp3) is 0.600. The van der Waals surface area contributed by atoms with E-state index in [1.807, 2.05) is 13.8 Å². The second-order valence-corrected chi connectivity index (χ2v) is 4.00. The number of allylic oxidation sites excluding steroid dienone is 2. The molecule has 0 spiro atoms. The largest absolute Gasteiger partial charge is 0.477 e. The molecule has 0 radical (unpaired) electrons. The van der Waals surface area contributed by atoms with Crippen LogP contribution in [0.5, 0.6) is 0 Å². The van der Waals surface area contributed by atoms with Crippen LogP contribution in [0.3, 0.4) is 0 Å². The summed E-state index contributed by atoms with van der Waals surface area (Å²) in [6, 6.07) is 0. The normalized spacial score (nSPS) is 24.1. The van der Waals surface area contributed by atoms with Crippen molar-refractivity contribution in [1.82, 2.24) is 0 Å². The summed E-state index contributed by atoms with van der Waals surface area (Å²) in [5.74, 6) is -0.136. The van der Waals surface area contributed by atoms with Crippen LogP contribution >= 0.6 is 0 Å². The van der Waals surface area contributed by atoms with Gasteiger partial charge in [-0.25, -0.2) is 0 Å². The predicted molar refractivity (Wildman–Crippen MR) is 59.6 cm³/mol. The molecular weight excluding hydrogens is 210 g/mol. The summed E-state index contributed by atoms with van der Waals surface area (Å²) in [6.07, 6.45) is 2.85. The lowest BCUT2D eigenvalue weighted by atomic mass is 10.4. The van der Waals surface area contributed by atoms with Crippen LogP contribution in [0.4, 0.5) is 0 Å². The topological polar surface area (TPSA) is 106 Å². The second kappa shape index (κ2) is 5.09.